The Morgan fingerprint density at radius 2 is 1.50 bits per heavy atom. The van der Waals surface area contributed by atoms with Crippen LogP contribution in [0.5, 0.6) is 5.75 Å². The third-order valence-electron chi connectivity index (χ3n) is 6.71. The Kier molecular flexibility index (Phi) is 7.77. The first-order valence-electron chi connectivity index (χ1n) is 12.2. The maximum Gasteiger partial charge on any atom is 0.201 e. The van der Waals surface area contributed by atoms with Crippen LogP contribution in [-0.4, -0.2) is 6.61 Å². The van der Waals surface area contributed by atoms with Crippen LogP contribution < -0.4 is 4.74 Å². The number of hydrogen-bond acceptors (Lipinski definition) is 1. The molecule has 1 saturated carbocycles. The Bertz CT molecular complexity index is 1140. The van der Waals surface area contributed by atoms with Crippen LogP contribution in [0.15, 0.2) is 66.7 Å². The Balaban J connectivity index is 1.50. The molecule has 1 nitrogen and oxygen atoms in total. The first-order valence-corrected chi connectivity index (χ1v) is 12.2. The minimum Gasteiger partial charge on any atom is -0.490 e. The average molecular weight is 465 g/mol. The largest absolute Gasteiger partial charge is 0.490 e. The number of rotatable bonds is 7. The quantitative estimate of drug-likeness (QED) is 0.317. The Hall–Kier alpha value is -3.01. The van der Waals surface area contributed by atoms with E-state index in [9.17, 15) is 8.78 Å². The molecule has 3 aromatic carbocycles. The van der Waals surface area contributed by atoms with E-state index in [-0.39, 0.29) is 23.0 Å². The summed E-state index contributed by atoms with van der Waals surface area (Å²) in [7, 11) is 0. The van der Waals surface area contributed by atoms with Crippen molar-refractivity contribution in [2.45, 2.75) is 51.9 Å². The van der Waals surface area contributed by atoms with Gasteiger partial charge in [0.1, 0.15) is 5.82 Å². The number of allylic oxidation sites excluding steroid dienone is 2. The highest BCUT2D eigenvalue weighted by Gasteiger charge is 2.23. The highest BCUT2D eigenvalue weighted by Crippen LogP contribution is 2.38. The summed E-state index contributed by atoms with van der Waals surface area (Å²) in [6, 6.07) is 15.5. The van der Waals surface area contributed by atoms with Crippen molar-refractivity contribution in [3.8, 4) is 28.0 Å². The summed E-state index contributed by atoms with van der Waals surface area (Å²) in [6.45, 7) is 4.28. The van der Waals surface area contributed by atoms with Crippen molar-refractivity contribution in [1.29, 1.82) is 0 Å². The molecule has 0 heterocycles. The van der Waals surface area contributed by atoms with Gasteiger partial charge in [-0.05, 0) is 91.3 Å². The van der Waals surface area contributed by atoms with Crippen LogP contribution in [0.1, 0.15) is 57.4 Å². The van der Waals surface area contributed by atoms with Gasteiger partial charge in [0.2, 0.25) is 5.82 Å². The number of benzene rings is 3. The van der Waals surface area contributed by atoms with Gasteiger partial charge in [-0.3, -0.25) is 0 Å². The lowest BCUT2D eigenvalue weighted by Crippen LogP contribution is -2.12. The van der Waals surface area contributed by atoms with Crippen molar-refractivity contribution in [2.24, 2.45) is 5.92 Å². The molecule has 0 amide bonds. The van der Waals surface area contributed by atoms with Gasteiger partial charge in [0.15, 0.2) is 11.6 Å². The Morgan fingerprint density at radius 1 is 0.824 bits per heavy atom. The monoisotopic (exact) mass is 464 g/mol. The van der Waals surface area contributed by atoms with Crippen molar-refractivity contribution in [3.05, 3.63) is 89.8 Å². The lowest BCUT2D eigenvalue weighted by atomic mass is 9.78. The predicted octanol–water partition coefficient (Wildman–Crippen LogP) is 9.08. The van der Waals surface area contributed by atoms with Crippen LogP contribution in [0.2, 0.25) is 0 Å². The van der Waals surface area contributed by atoms with E-state index in [1.54, 1.807) is 18.2 Å². The summed E-state index contributed by atoms with van der Waals surface area (Å²) in [5.41, 5.74) is 3.11. The molecule has 0 aromatic heterocycles. The number of hydrogen-bond donors (Lipinski definition) is 0. The average Bonchev–Trinajstić information content (AvgIpc) is 2.86. The van der Waals surface area contributed by atoms with E-state index in [1.165, 1.54) is 12.1 Å². The van der Waals surface area contributed by atoms with Gasteiger partial charge >= 0.3 is 0 Å². The summed E-state index contributed by atoms with van der Waals surface area (Å²) in [4.78, 5) is 0. The minimum atomic E-state index is -0.979. The van der Waals surface area contributed by atoms with Gasteiger partial charge < -0.3 is 4.74 Å². The van der Waals surface area contributed by atoms with E-state index in [4.69, 9.17) is 4.74 Å². The molecule has 0 unspecified atom stereocenters. The van der Waals surface area contributed by atoms with Crippen LogP contribution in [0.3, 0.4) is 0 Å². The van der Waals surface area contributed by atoms with Crippen LogP contribution in [-0.2, 0) is 0 Å². The van der Waals surface area contributed by atoms with Crippen LogP contribution >= 0.6 is 0 Å². The fourth-order valence-corrected chi connectivity index (χ4v) is 4.85. The van der Waals surface area contributed by atoms with Crippen molar-refractivity contribution in [1.82, 2.24) is 0 Å². The summed E-state index contributed by atoms with van der Waals surface area (Å²) in [5, 5.41) is 0. The topological polar surface area (TPSA) is 9.23 Å². The second-order valence-electron chi connectivity index (χ2n) is 9.04. The molecule has 1 aliphatic carbocycles. The summed E-state index contributed by atoms with van der Waals surface area (Å²) in [6.07, 6.45) is 9.28. The lowest BCUT2D eigenvalue weighted by molar-refractivity contribution is 0.295. The molecule has 0 saturated heterocycles. The Labute approximate surface area is 200 Å². The molecule has 1 aliphatic rings. The van der Waals surface area contributed by atoms with Gasteiger partial charge in [0.25, 0.3) is 0 Å². The van der Waals surface area contributed by atoms with Gasteiger partial charge in [0, 0.05) is 5.56 Å². The van der Waals surface area contributed by atoms with E-state index in [1.807, 2.05) is 38.1 Å². The highest BCUT2D eigenvalue weighted by atomic mass is 19.2. The van der Waals surface area contributed by atoms with Crippen molar-refractivity contribution < 1.29 is 17.9 Å². The van der Waals surface area contributed by atoms with E-state index >= 15 is 4.39 Å². The van der Waals surface area contributed by atoms with E-state index in [2.05, 4.69) is 12.2 Å². The van der Waals surface area contributed by atoms with Crippen LogP contribution in [0.25, 0.3) is 22.3 Å². The molecule has 0 atom stereocenters. The van der Waals surface area contributed by atoms with Gasteiger partial charge in [0.05, 0.1) is 6.61 Å². The Morgan fingerprint density at radius 3 is 2.15 bits per heavy atom. The lowest BCUT2D eigenvalue weighted by Gasteiger charge is -2.27. The smallest absolute Gasteiger partial charge is 0.201 e. The molecule has 34 heavy (non-hydrogen) atoms. The maximum atomic E-state index is 15.0. The molecule has 0 bridgehead atoms. The second-order valence-corrected chi connectivity index (χ2v) is 9.04. The fourth-order valence-electron chi connectivity index (χ4n) is 4.85. The number of halogens is 3. The molecule has 0 aliphatic heterocycles. The molecule has 0 radical (unpaired) electrons. The normalized spacial score (nSPS) is 18.4. The molecule has 178 valence electrons. The van der Waals surface area contributed by atoms with Gasteiger partial charge in [-0.2, -0.15) is 4.39 Å². The SMILES string of the molecule is CC=CC1CCC(c2ccc(-c3ccc(-c4ccc(OCCC)c(F)c4F)cc3)cc2F)CC1. The van der Waals surface area contributed by atoms with Crippen LogP contribution in [0.4, 0.5) is 13.2 Å². The first kappa shape index (κ1) is 24.1. The fraction of sp³-hybridized carbons (Fsp3) is 0.333. The summed E-state index contributed by atoms with van der Waals surface area (Å²) >= 11 is 0. The zero-order valence-electron chi connectivity index (χ0n) is 19.8. The molecule has 0 N–H and O–H groups in total. The molecular formula is C30H31F3O. The third-order valence-corrected chi connectivity index (χ3v) is 6.71. The highest BCUT2D eigenvalue weighted by molar-refractivity contribution is 5.71. The predicted molar refractivity (Wildman–Crippen MR) is 132 cm³/mol. The molecule has 1 fully saturated rings. The number of ether oxygens (including phenoxy) is 1. The first-order chi connectivity index (χ1) is 16.5. The van der Waals surface area contributed by atoms with Crippen molar-refractivity contribution in [3.63, 3.8) is 0 Å². The molecule has 4 heteroatoms. The van der Waals surface area contributed by atoms with Crippen LogP contribution in [0, 0.1) is 23.4 Å². The van der Waals surface area contributed by atoms with Gasteiger partial charge in [-0.1, -0.05) is 55.5 Å². The van der Waals surface area contributed by atoms with Gasteiger partial charge in [-0.15, -0.1) is 0 Å². The molecule has 4 rings (SSSR count). The minimum absolute atomic E-state index is 0.0781. The molecule has 3 aromatic rings. The van der Waals surface area contributed by atoms with E-state index < -0.39 is 11.6 Å². The maximum absolute atomic E-state index is 15.0. The summed E-state index contributed by atoms with van der Waals surface area (Å²) < 4.78 is 49.3. The molecule has 0 spiro atoms. The van der Waals surface area contributed by atoms with E-state index in [0.29, 0.717) is 24.5 Å². The van der Waals surface area contributed by atoms with Gasteiger partial charge in [-0.25, -0.2) is 8.78 Å². The van der Waals surface area contributed by atoms with Crippen molar-refractivity contribution >= 4 is 0 Å². The second kappa shape index (κ2) is 10.9. The third kappa shape index (κ3) is 5.22. The van der Waals surface area contributed by atoms with Crippen molar-refractivity contribution in [2.75, 3.05) is 6.61 Å². The van der Waals surface area contributed by atoms with E-state index in [0.717, 1.165) is 42.4 Å². The zero-order chi connectivity index (χ0) is 24.1. The standard InChI is InChI=1S/C30H31F3O/c1-3-5-20-6-8-22(9-7-20)25-15-14-24(19-27(25)31)21-10-12-23(13-11-21)26-16-17-28(34-18-4-2)30(33)29(26)32/h3,5,10-17,19-20,22H,4,6-9,18H2,1-2H3. The zero-order valence-corrected chi connectivity index (χ0v) is 19.8. The molecular weight excluding hydrogens is 433 g/mol. The summed E-state index contributed by atoms with van der Waals surface area (Å²) in [5.74, 6) is -1.29.